The molecule has 0 saturated carbocycles. The first-order valence-electron chi connectivity index (χ1n) is 11.2. The molecule has 10 nitrogen and oxygen atoms in total. The number of carbonyl (C=O) groups excluding carboxylic acids is 1. The van der Waals surface area contributed by atoms with Gasteiger partial charge >= 0.3 is 6.01 Å². The van der Waals surface area contributed by atoms with Gasteiger partial charge in [0.15, 0.2) is 16.9 Å². The average molecular weight is 492 g/mol. The number of hydrogen-bond donors (Lipinski definition) is 2. The van der Waals surface area contributed by atoms with Crippen LogP contribution in [0.1, 0.15) is 15.9 Å². The highest BCUT2D eigenvalue weighted by molar-refractivity contribution is 5.94. The highest BCUT2D eigenvalue weighted by Crippen LogP contribution is 2.34. The second kappa shape index (κ2) is 9.67. The number of rotatable bonds is 6. The predicted octanol–water partition coefficient (Wildman–Crippen LogP) is 4.76. The molecule has 0 radical (unpaired) electrons. The maximum Gasteiger partial charge on any atom is 0.327 e. The van der Waals surface area contributed by atoms with Crippen LogP contribution < -0.4 is 15.2 Å². The minimum atomic E-state index is -0.167. The summed E-state index contributed by atoms with van der Waals surface area (Å²) >= 11 is 0. The third-order valence-electron chi connectivity index (χ3n) is 5.38. The number of nitrogens with two attached hydrogens (primary N) is 1. The molecule has 0 aliphatic heterocycles. The van der Waals surface area contributed by atoms with E-state index in [1.54, 1.807) is 50.5 Å². The van der Waals surface area contributed by atoms with Crippen molar-refractivity contribution in [1.29, 1.82) is 5.26 Å². The zero-order valence-electron chi connectivity index (χ0n) is 20.0. The van der Waals surface area contributed by atoms with Crippen molar-refractivity contribution in [2.75, 3.05) is 19.8 Å². The van der Waals surface area contributed by atoms with Crippen LogP contribution in [-0.4, -0.2) is 44.8 Å². The zero-order chi connectivity index (χ0) is 25.9. The molecule has 0 aliphatic carbocycles. The summed E-state index contributed by atoms with van der Waals surface area (Å²) in [6.45, 7) is 0. The largest absolute Gasteiger partial charge is 0.435 e. The third-order valence-corrected chi connectivity index (χ3v) is 5.38. The fraction of sp³-hybridized carbons (Fsp3) is 0.0741. The zero-order valence-corrected chi connectivity index (χ0v) is 20.0. The Balaban J connectivity index is 1.59. The Morgan fingerprint density at radius 1 is 0.973 bits per heavy atom. The molecular formula is C27H21N7O3. The highest BCUT2D eigenvalue weighted by Gasteiger charge is 2.19. The van der Waals surface area contributed by atoms with Gasteiger partial charge in [-0.1, -0.05) is 36.4 Å². The number of anilines is 1. The van der Waals surface area contributed by atoms with Crippen LogP contribution in [0.5, 0.6) is 23.4 Å². The first kappa shape index (κ1) is 23.3. The van der Waals surface area contributed by atoms with E-state index in [1.807, 2.05) is 30.3 Å². The molecule has 1 amide bonds. The number of H-pyrrole nitrogens is 1. The van der Waals surface area contributed by atoms with Gasteiger partial charge < -0.3 is 25.1 Å². The van der Waals surface area contributed by atoms with Gasteiger partial charge in [-0.25, -0.2) is 4.98 Å². The van der Waals surface area contributed by atoms with Crippen LogP contribution in [0.15, 0.2) is 72.8 Å². The number of benzene rings is 3. The number of nitrogens with one attached hydrogen (secondary N) is 1. The fourth-order valence-electron chi connectivity index (χ4n) is 3.56. The molecule has 37 heavy (non-hydrogen) atoms. The Hall–Kier alpha value is -5.43. The van der Waals surface area contributed by atoms with Crippen molar-refractivity contribution in [3.8, 4) is 40.8 Å². The lowest BCUT2D eigenvalue weighted by atomic mass is 10.2. The summed E-state index contributed by atoms with van der Waals surface area (Å²) in [5.74, 6) is 1.09. The van der Waals surface area contributed by atoms with Gasteiger partial charge in [-0.3, -0.25) is 4.79 Å². The van der Waals surface area contributed by atoms with Crippen LogP contribution in [0.4, 0.5) is 5.69 Å². The van der Waals surface area contributed by atoms with E-state index in [2.05, 4.69) is 26.0 Å². The first-order chi connectivity index (χ1) is 17.9. The number of amides is 1. The van der Waals surface area contributed by atoms with Gasteiger partial charge in [0.05, 0.1) is 17.3 Å². The third kappa shape index (κ3) is 4.87. The van der Waals surface area contributed by atoms with E-state index in [-0.39, 0.29) is 23.5 Å². The molecule has 2 heterocycles. The Bertz CT molecular complexity index is 1660. The summed E-state index contributed by atoms with van der Waals surface area (Å²) in [7, 11) is 3.35. The molecule has 0 fully saturated rings. The number of nitrogen functional groups attached to an aromatic ring is 1. The van der Waals surface area contributed by atoms with Crippen molar-refractivity contribution in [2.45, 2.75) is 0 Å². The summed E-state index contributed by atoms with van der Waals surface area (Å²) in [4.78, 5) is 30.6. The molecule has 0 bridgehead atoms. The Kier molecular flexibility index (Phi) is 6.10. The molecule has 3 aromatic carbocycles. The Morgan fingerprint density at radius 2 is 1.78 bits per heavy atom. The lowest BCUT2D eigenvalue weighted by Gasteiger charge is -2.12. The van der Waals surface area contributed by atoms with Gasteiger partial charge in [0.2, 0.25) is 0 Å². The van der Waals surface area contributed by atoms with E-state index >= 15 is 0 Å². The van der Waals surface area contributed by atoms with Crippen molar-refractivity contribution < 1.29 is 14.3 Å². The molecule has 0 atom stereocenters. The normalized spacial score (nSPS) is 10.6. The standard InChI is InChI=1S/C27H21N7O3/c1-34(2)26(35)18-9-6-10-19(14-18)36-27-32-24-22(30-23(31-24)17-7-4-3-5-8-17)25(33-27)37-21-13-16(15-28)11-12-20(21)29/h3-14H,29H2,1-2H3,(H,30,31,32,33). The Labute approximate surface area is 211 Å². The molecule has 0 spiro atoms. The van der Waals surface area contributed by atoms with Crippen LogP contribution in [0.2, 0.25) is 0 Å². The van der Waals surface area contributed by atoms with Crippen LogP contribution in [0, 0.1) is 11.3 Å². The number of fused-ring (bicyclic) bond motifs is 1. The summed E-state index contributed by atoms with van der Waals surface area (Å²) < 4.78 is 12.0. The molecule has 182 valence electrons. The number of imidazole rings is 1. The number of carbonyl (C=O) groups is 1. The SMILES string of the molecule is CN(C)C(=O)c1cccc(Oc2nc(Oc3cc(C#N)ccc3N)c3nc(-c4ccccc4)[nH]c3n2)c1. The van der Waals surface area contributed by atoms with E-state index in [1.165, 1.54) is 11.0 Å². The lowest BCUT2D eigenvalue weighted by Crippen LogP contribution is -2.21. The van der Waals surface area contributed by atoms with Crippen LogP contribution >= 0.6 is 0 Å². The van der Waals surface area contributed by atoms with Gasteiger partial charge in [0, 0.05) is 31.3 Å². The summed E-state index contributed by atoms with van der Waals surface area (Å²) in [6, 6.07) is 22.9. The van der Waals surface area contributed by atoms with Crippen molar-refractivity contribution in [3.05, 3.63) is 83.9 Å². The van der Waals surface area contributed by atoms with Crippen LogP contribution in [0.3, 0.4) is 0 Å². The molecule has 5 aromatic rings. The van der Waals surface area contributed by atoms with Crippen molar-refractivity contribution >= 4 is 22.8 Å². The van der Waals surface area contributed by atoms with Crippen molar-refractivity contribution in [1.82, 2.24) is 24.8 Å². The topological polar surface area (TPSA) is 143 Å². The summed E-state index contributed by atoms with van der Waals surface area (Å²) in [5, 5.41) is 9.29. The fourth-order valence-corrected chi connectivity index (χ4v) is 3.56. The summed E-state index contributed by atoms with van der Waals surface area (Å²) in [5.41, 5.74) is 8.80. The number of hydrogen-bond acceptors (Lipinski definition) is 8. The molecule has 0 unspecified atom stereocenters. The molecular weight excluding hydrogens is 470 g/mol. The maximum absolute atomic E-state index is 12.4. The van der Waals surface area contributed by atoms with Gasteiger partial charge in [-0.15, -0.1) is 0 Å². The first-order valence-corrected chi connectivity index (χ1v) is 11.2. The van der Waals surface area contributed by atoms with Crippen LogP contribution in [0.25, 0.3) is 22.6 Å². The molecule has 3 N–H and O–H groups in total. The van der Waals surface area contributed by atoms with Crippen molar-refractivity contribution in [3.63, 3.8) is 0 Å². The number of aromatic amines is 1. The number of nitriles is 1. The van der Waals surface area contributed by atoms with Gasteiger partial charge in [-0.05, 0) is 30.3 Å². The molecule has 0 aliphatic rings. The van der Waals surface area contributed by atoms with Crippen molar-refractivity contribution in [2.24, 2.45) is 0 Å². The monoisotopic (exact) mass is 491 g/mol. The van der Waals surface area contributed by atoms with E-state index in [0.717, 1.165) is 5.56 Å². The molecule has 10 heteroatoms. The Morgan fingerprint density at radius 3 is 2.54 bits per heavy atom. The molecule has 2 aromatic heterocycles. The van der Waals surface area contributed by atoms with Gasteiger partial charge in [-0.2, -0.15) is 15.2 Å². The van der Waals surface area contributed by atoms with Gasteiger partial charge in [0.1, 0.15) is 11.6 Å². The minimum absolute atomic E-state index is 0.0322. The van der Waals surface area contributed by atoms with E-state index in [4.69, 9.17) is 15.2 Å². The van der Waals surface area contributed by atoms with Gasteiger partial charge in [0.25, 0.3) is 11.8 Å². The smallest absolute Gasteiger partial charge is 0.327 e. The summed E-state index contributed by atoms with van der Waals surface area (Å²) in [6.07, 6.45) is 0. The van der Waals surface area contributed by atoms with E-state index < -0.39 is 0 Å². The van der Waals surface area contributed by atoms with E-state index in [9.17, 15) is 10.1 Å². The number of nitrogens with zero attached hydrogens (tertiary/aromatic N) is 5. The van der Waals surface area contributed by atoms with E-state index in [0.29, 0.717) is 39.6 Å². The number of aromatic nitrogens is 4. The average Bonchev–Trinajstić information content (AvgIpc) is 3.34. The predicted molar refractivity (Wildman–Crippen MR) is 137 cm³/mol. The minimum Gasteiger partial charge on any atom is -0.435 e. The molecule has 5 rings (SSSR count). The molecule has 0 saturated heterocycles. The second-order valence-electron chi connectivity index (χ2n) is 8.26. The number of ether oxygens (including phenoxy) is 2. The second-order valence-corrected chi connectivity index (χ2v) is 8.26. The maximum atomic E-state index is 12.4. The van der Waals surface area contributed by atoms with Crippen LogP contribution in [-0.2, 0) is 0 Å². The highest BCUT2D eigenvalue weighted by atomic mass is 16.5. The quantitative estimate of drug-likeness (QED) is 0.324. The lowest BCUT2D eigenvalue weighted by molar-refractivity contribution is 0.0827.